The highest BCUT2D eigenvalue weighted by Gasteiger charge is 2.29. The van der Waals surface area contributed by atoms with Gasteiger partial charge in [0.15, 0.2) is 0 Å². The number of esters is 1. The van der Waals surface area contributed by atoms with Gasteiger partial charge in [0.1, 0.15) is 40.6 Å². The van der Waals surface area contributed by atoms with E-state index in [1.807, 2.05) is 24.3 Å². The minimum atomic E-state index is -1.03. The van der Waals surface area contributed by atoms with E-state index >= 15 is 0 Å². The molecule has 1 atom stereocenters. The van der Waals surface area contributed by atoms with Crippen LogP contribution >= 0.6 is 0 Å². The number of aromatic nitrogens is 3. The van der Waals surface area contributed by atoms with Crippen LogP contribution in [0.2, 0.25) is 0 Å². The first kappa shape index (κ1) is 25.8. The Morgan fingerprint density at radius 2 is 1.69 bits per heavy atom. The van der Waals surface area contributed by atoms with Gasteiger partial charge in [-0.05, 0) is 82.1 Å². The number of hydrogen-bond acceptors (Lipinski definition) is 8. The summed E-state index contributed by atoms with van der Waals surface area (Å²) < 4.78 is 10.9. The lowest BCUT2D eigenvalue weighted by atomic mass is 10.00. The van der Waals surface area contributed by atoms with Crippen molar-refractivity contribution in [1.82, 2.24) is 20.5 Å². The molecular weight excluding hydrogens is 452 g/mol. The zero-order chi connectivity index (χ0) is 25.8. The molecule has 0 saturated heterocycles. The molecule has 1 amide bonds. The Morgan fingerprint density at radius 3 is 2.37 bits per heavy atom. The molecule has 0 unspecified atom stereocenters. The van der Waals surface area contributed by atoms with Crippen LogP contribution in [0.25, 0.3) is 11.0 Å². The van der Waals surface area contributed by atoms with Crippen LogP contribution in [0.4, 0.5) is 4.79 Å². The number of phenolic OH excluding ortho intramolecular Hbond substituents is 1. The van der Waals surface area contributed by atoms with Crippen molar-refractivity contribution < 1.29 is 29.0 Å². The summed E-state index contributed by atoms with van der Waals surface area (Å²) in [6.07, 6.45) is -0.648. The summed E-state index contributed by atoms with van der Waals surface area (Å²) in [4.78, 5) is 32.5. The van der Waals surface area contributed by atoms with Crippen molar-refractivity contribution in [1.29, 1.82) is 0 Å². The molecule has 2 N–H and O–H groups in total. The first-order chi connectivity index (χ1) is 16.3. The van der Waals surface area contributed by atoms with E-state index in [-0.39, 0.29) is 18.8 Å². The summed E-state index contributed by atoms with van der Waals surface area (Å²) in [5.74, 6) is -0.574. The molecule has 0 spiro atoms. The van der Waals surface area contributed by atoms with Crippen molar-refractivity contribution in [2.24, 2.45) is 0 Å². The lowest BCUT2D eigenvalue weighted by Crippen LogP contribution is -2.47. The second-order valence-electron chi connectivity index (χ2n) is 10.1. The summed E-state index contributed by atoms with van der Waals surface area (Å²) in [6.45, 7) is 10.5. The minimum Gasteiger partial charge on any atom is -0.508 e. The summed E-state index contributed by atoms with van der Waals surface area (Å²) in [5.41, 5.74) is 1.14. The van der Waals surface area contributed by atoms with E-state index in [2.05, 4.69) is 15.6 Å². The molecule has 0 bridgehead atoms. The SMILES string of the molecule is CC(C)(C)OC(=O)N[C@H](Cc1ccc(O)cc1COn1nnc2ccccc21)C(=O)OC(C)(C)C. The maximum absolute atomic E-state index is 12.9. The van der Waals surface area contributed by atoms with Crippen LogP contribution in [-0.2, 0) is 27.3 Å². The third-order valence-corrected chi connectivity index (χ3v) is 4.66. The highest BCUT2D eigenvalue weighted by Crippen LogP contribution is 2.21. The van der Waals surface area contributed by atoms with E-state index in [9.17, 15) is 14.7 Å². The van der Waals surface area contributed by atoms with Crippen LogP contribution in [0, 0.1) is 0 Å². The number of carbonyl (C=O) groups is 2. The van der Waals surface area contributed by atoms with Gasteiger partial charge in [-0.25, -0.2) is 9.59 Å². The van der Waals surface area contributed by atoms with Crippen LogP contribution in [0.3, 0.4) is 0 Å². The Morgan fingerprint density at radius 1 is 1.00 bits per heavy atom. The number of alkyl carbamates (subject to hydrolysis) is 1. The van der Waals surface area contributed by atoms with Crippen molar-refractivity contribution in [3.63, 3.8) is 0 Å². The number of hydrogen-bond donors (Lipinski definition) is 2. The van der Waals surface area contributed by atoms with Gasteiger partial charge in [0.2, 0.25) is 0 Å². The maximum atomic E-state index is 12.9. The number of para-hydroxylation sites is 1. The summed E-state index contributed by atoms with van der Waals surface area (Å²) in [5, 5.41) is 20.7. The lowest BCUT2D eigenvalue weighted by Gasteiger charge is -2.26. The van der Waals surface area contributed by atoms with E-state index < -0.39 is 29.3 Å². The van der Waals surface area contributed by atoms with Gasteiger partial charge in [-0.15, -0.1) is 5.10 Å². The van der Waals surface area contributed by atoms with Crippen molar-refractivity contribution in [2.45, 2.75) is 71.8 Å². The molecular formula is C25H32N4O6. The minimum absolute atomic E-state index is 0.0321. The molecule has 0 aliphatic carbocycles. The number of rotatable bonds is 7. The fourth-order valence-corrected chi connectivity index (χ4v) is 3.26. The van der Waals surface area contributed by atoms with Crippen molar-refractivity contribution in [3.05, 3.63) is 53.6 Å². The molecule has 0 radical (unpaired) electrons. The number of amides is 1. The molecule has 0 aliphatic heterocycles. The molecule has 0 aliphatic rings. The van der Waals surface area contributed by atoms with E-state index in [1.54, 1.807) is 47.6 Å². The monoisotopic (exact) mass is 484 g/mol. The summed E-state index contributed by atoms with van der Waals surface area (Å²) in [7, 11) is 0. The molecule has 10 heteroatoms. The van der Waals surface area contributed by atoms with Crippen molar-refractivity contribution in [2.75, 3.05) is 0 Å². The van der Waals surface area contributed by atoms with Crippen molar-refractivity contribution in [3.8, 4) is 5.75 Å². The number of phenols is 1. The van der Waals surface area contributed by atoms with Crippen LogP contribution in [0.1, 0.15) is 52.7 Å². The van der Waals surface area contributed by atoms with Gasteiger partial charge in [0, 0.05) is 6.42 Å². The first-order valence-electron chi connectivity index (χ1n) is 11.3. The molecule has 3 rings (SSSR count). The predicted molar refractivity (Wildman–Crippen MR) is 129 cm³/mol. The number of benzene rings is 2. The molecule has 2 aromatic carbocycles. The standard InChI is InChI=1S/C25H32N4O6/c1-24(2,3)34-22(31)20(26-23(32)35-25(4,5)6)14-16-11-12-18(30)13-17(16)15-33-29-21-10-8-7-9-19(21)27-28-29/h7-13,20,30H,14-15H2,1-6H3,(H,26,32)/t20-/m1/s1. The topological polar surface area (TPSA) is 125 Å². The molecule has 188 valence electrons. The Hall–Kier alpha value is -3.82. The maximum Gasteiger partial charge on any atom is 0.408 e. The molecule has 1 aromatic heterocycles. The Labute approximate surface area is 204 Å². The van der Waals surface area contributed by atoms with Crippen LogP contribution in [0.15, 0.2) is 42.5 Å². The van der Waals surface area contributed by atoms with Crippen LogP contribution in [0.5, 0.6) is 5.75 Å². The van der Waals surface area contributed by atoms with Gasteiger partial charge in [-0.2, -0.15) is 0 Å². The van der Waals surface area contributed by atoms with Gasteiger partial charge in [-0.1, -0.05) is 23.0 Å². The van der Waals surface area contributed by atoms with Gasteiger partial charge in [0.05, 0.1) is 0 Å². The Kier molecular flexibility index (Phi) is 7.52. The molecule has 3 aromatic rings. The Bertz CT molecular complexity index is 1190. The quantitative estimate of drug-likeness (QED) is 0.488. The third-order valence-electron chi connectivity index (χ3n) is 4.66. The lowest BCUT2D eigenvalue weighted by molar-refractivity contribution is -0.157. The molecule has 0 fully saturated rings. The largest absolute Gasteiger partial charge is 0.508 e. The van der Waals surface area contributed by atoms with E-state index in [0.29, 0.717) is 22.2 Å². The van der Waals surface area contributed by atoms with Crippen molar-refractivity contribution >= 4 is 23.1 Å². The molecule has 0 saturated carbocycles. The Balaban J connectivity index is 1.83. The first-order valence-corrected chi connectivity index (χ1v) is 11.3. The number of ether oxygens (including phenoxy) is 2. The normalized spacial score (nSPS) is 12.7. The van der Waals surface area contributed by atoms with Gasteiger partial charge in [0.25, 0.3) is 0 Å². The number of nitrogens with one attached hydrogen (secondary N) is 1. The molecule has 1 heterocycles. The fourth-order valence-electron chi connectivity index (χ4n) is 3.26. The van der Waals surface area contributed by atoms with E-state index in [0.717, 1.165) is 0 Å². The fraction of sp³-hybridized carbons (Fsp3) is 0.440. The zero-order valence-electron chi connectivity index (χ0n) is 20.9. The van der Waals surface area contributed by atoms with Crippen LogP contribution in [-0.4, -0.2) is 49.6 Å². The third kappa shape index (κ3) is 7.59. The average Bonchev–Trinajstić information content (AvgIpc) is 3.14. The average molecular weight is 485 g/mol. The van der Waals surface area contributed by atoms with E-state index in [4.69, 9.17) is 14.3 Å². The molecule has 10 nitrogen and oxygen atoms in total. The van der Waals surface area contributed by atoms with Crippen LogP contribution < -0.4 is 10.2 Å². The second-order valence-corrected chi connectivity index (χ2v) is 10.1. The zero-order valence-corrected chi connectivity index (χ0v) is 20.9. The molecule has 35 heavy (non-hydrogen) atoms. The number of aromatic hydroxyl groups is 1. The van der Waals surface area contributed by atoms with Gasteiger partial charge >= 0.3 is 12.1 Å². The number of fused-ring (bicyclic) bond motifs is 1. The number of carbonyl (C=O) groups excluding carboxylic acids is 2. The number of nitrogens with zero attached hydrogens (tertiary/aromatic N) is 3. The van der Waals surface area contributed by atoms with Gasteiger partial charge < -0.3 is 24.7 Å². The summed E-state index contributed by atoms with van der Waals surface area (Å²) in [6, 6.07) is 11.0. The highest BCUT2D eigenvalue weighted by molar-refractivity contribution is 5.82. The smallest absolute Gasteiger partial charge is 0.408 e. The summed E-state index contributed by atoms with van der Waals surface area (Å²) >= 11 is 0. The van der Waals surface area contributed by atoms with E-state index in [1.165, 1.54) is 17.0 Å². The second kappa shape index (κ2) is 10.2. The van der Waals surface area contributed by atoms with Gasteiger partial charge in [-0.3, -0.25) is 0 Å². The predicted octanol–water partition coefficient (Wildman–Crippen LogP) is 3.54. The highest BCUT2D eigenvalue weighted by atomic mass is 16.7.